The molecule has 0 radical (unpaired) electrons. The number of likely N-dealkylation sites (tertiary alicyclic amines) is 1. The average Bonchev–Trinajstić information content (AvgIpc) is 3.13. The van der Waals surface area contributed by atoms with Crippen LogP contribution in [0.2, 0.25) is 0 Å². The van der Waals surface area contributed by atoms with E-state index in [0.717, 1.165) is 12.0 Å². The van der Waals surface area contributed by atoms with E-state index >= 15 is 0 Å². The van der Waals surface area contributed by atoms with Gasteiger partial charge in [-0.1, -0.05) is 42.5 Å². The van der Waals surface area contributed by atoms with Crippen molar-refractivity contribution in [2.24, 2.45) is 5.92 Å². The molecule has 3 aromatic rings. The third kappa shape index (κ3) is 4.25. The zero-order valence-electron chi connectivity index (χ0n) is 16.7. The lowest BCUT2D eigenvalue weighted by molar-refractivity contribution is -0.153. The maximum Gasteiger partial charge on any atom is 0.311 e. The number of aromatic amines is 1. The van der Waals surface area contributed by atoms with Crippen LogP contribution in [-0.4, -0.2) is 39.8 Å². The first kappa shape index (κ1) is 19.8. The lowest BCUT2D eigenvalue weighted by Crippen LogP contribution is -2.29. The van der Waals surface area contributed by atoms with Crippen molar-refractivity contribution in [3.8, 4) is 0 Å². The van der Waals surface area contributed by atoms with Crippen molar-refractivity contribution < 1.29 is 14.3 Å². The Balaban J connectivity index is 1.38. The third-order valence-corrected chi connectivity index (χ3v) is 5.37. The molecule has 0 aliphatic carbocycles. The standard InChI is InChI=1S/C23H23N3O4/c1-15(21-24-19-10-6-5-9-18(19)22(28)25-21)30-23(29)17-13-20(27)26(14-17)12-11-16-7-3-2-4-8-16/h2-10,15,17H,11-14H2,1H3,(H,24,25,28)/t15-,17-/m1/s1. The fraction of sp³-hybridized carbons (Fsp3) is 0.304. The minimum atomic E-state index is -0.719. The highest BCUT2D eigenvalue weighted by Gasteiger charge is 2.36. The van der Waals surface area contributed by atoms with Gasteiger partial charge in [0.05, 0.1) is 16.8 Å². The summed E-state index contributed by atoms with van der Waals surface area (Å²) in [6, 6.07) is 16.9. The first-order valence-corrected chi connectivity index (χ1v) is 10.0. The Bertz CT molecular complexity index is 1130. The van der Waals surface area contributed by atoms with Crippen molar-refractivity contribution in [2.75, 3.05) is 13.1 Å². The van der Waals surface area contributed by atoms with E-state index in [0.29, 0.717) is 24.0 Å². The molecular weight excluding hydrogens is 382 g/mol. The lowest BCUT2D eigenvalue weighted by Gasteiger charge is -2.18. The topological polar surface area (TPSA) is 92.4 Å². The highest BCUT2D eigenvalue weighted by atomic mass is 16.5. The van der Waals surface area contributed by atoms with E-state index in [1.807, 2.05) is 30.3 Å². The maximum atomic E-state index is 12.6. The summed E-state index contributed by atoms with van der Waals surface area (Å²) in [4.78, 5) is 46.0. The number of fused-ring (bicyclic) bond motifs is 1. The molecule has 2 aromatic carbocycles. The molecule has 1 aromatic heterocycles. The molecule has 30 heavy (non-hydrogen) atoms. The molecule has 0 bridgehead atoms. The van der Waals surface area contributed by atoms with E-state index in [-0.39, 0.29) is 23.7 Å². The largest absolute Gasteiger partial charge is 0.454 e. The van der Waals surface area contributed by atoms with Crippen LogP contribution >= 0.6 is 0 Å². The molecule has 1 amide bonds. The van der Waals surface area contributed by atoms with Gasteiger partial charge in [-0.15, -0.1) is 0 Å². The molecule has 0 spiro atoms. The molecular formula is C23H23N3O4. The van der Waals surface area contributed by atoms with Crippen LogP contribution in [0.15, 0.2) is 59.4 Å². The number of aromatic nitrogens is 2. The Morgan fingerprint density at radius 1 is 1.17 bits per heavy atom. The lowest BCUT2D eigenvalue weighted by atomic mass is 10.1. The number of H-pyrrole nitrogens is 1. The molecule has 2 atom stereocenters. The molecule has 0 unspecified atom stereocenters. The van der Waals surface area contributed by atoms with Gasteiger partial charge in [0.25, 0.3) is 5.56 Å². The van der Waals surface area contributed by atoms with E-state index < -0.39 is 18.0 Å². The number of hydrogen-bond acceptors (Lipinski definition) is 5. The highest BCUT2D eigenvalue weighted by molar-refractivity contribution is 5.87. The van der Waals surface area contributed by atoms with E-state index in [1.54, 1.807) is 36.1 Å². The predicted molar refractivity (Wildman–Crippen MR) is 112 cm³/mol. The van der Waals surface area contributed by atoms with Crippen LogP contribution in [0.5, 0.6) is 0 Å². The molecule has 1 aliphatic rings. The molecule has 4 rings (SSSR count). The van der Waals surface area contributed by atoms with Crippen LogP contribution in [-0.2, 0) is 20.7 Å². The number of amides is 1. The zero-order chi connectivity index (χ0) is 21.1. The van der Waals surface area contributed by atoms with Gasteiger partial charge in [-0.3, -0.25) is 14.4 Å². The minimum absolute atomic E-state index is 0.0437. The van der Waals surface area contributed by atoms with Gasteiger partial charge in [-0.25, -0.2) is 4.98 Å². The van der Waals surface area contributed by atoms with Gasteiger partial charge >= 0.3 is 5.97 Å². The number of esters is 1. The van der Waals surface area contributed by atoms with Gasteiger partial charge in [-0.05, 0) is 31.0 Å². The number of carbonyl (C=O) groups is 2. The van der Waals surface area contributed by atoms with Crippen LogP contribution in [0, 0.1) is 5.92 Å². The zero-order valence-corrected chi connectivity index (χ0v) is 16.7. The average molecular weight is 405 g/mol. The second-order valence-electron chi connectivity index (χ2n) is 7.52. The summed E-state index contributed by atoms with van der Waals surface area (Å²) in [6.45, 7) is 2.58. The summed E-state index contributed by atoms with van der Waals surface area (Å²) in [6.07, 6.45) is 0.165. The van der Waals surface area contributed by atoms with Crippen molar-refractivity contribution >= 4 is 22.8 Å². The molecule has 154 valence electrons. The Kier molecular flexibility index (Phi) is 5.61. The van der Waals surface area contributed by atoms with Gasteiger partial charge in [0.15, 0.2) is 11.9 Å². The normalized spacial score (nSPS) is 17.3. The Morgan fingerprint density at radius 2 is 1.90 bits per heavy atom. The number of ether oxygens (including phenoxy) is 1. The minimum Gasteiger partial charge on any atom is -0.454 e. The number of carbonyl (C=O) groups excluding carboxylic acids is 2. The van der Waals surface area contributed by atoms with Crippen LogP contribution in [0.25, 0.3) is 10.9 Å². The van der Waals surface area contributed by atoms with E-state index in [4.69, 9.17) is 4.74 Å². The monoisotopic (exact) mass is 405 g/mol. The number of rotatable bonds is 6. The number of hydrogen-bond donors (Lipinski definition) is 1. The van der Waals surface area contributed by atoms with Crippen LogP contribution in [0.3, 0.4) is 0 Å². The Labute approximate surface area is 173 Å². The fourth-order valence-electron chi connectivity index (χ4n) is 3.68. The van der Waals surface area contributed by atoms with Gasteiger partial charge in [0.1, 0.15) is 0 Å². The quantitative estimate of drug-likeness (QED) is 0.637. The molecule has 1 fully saturated rings. The first-order chi connectivity index (χ1) is 14.5. The summed E-state index contributed by atoms with van der Waals surface area (Å²) in [5.41, 5.74) is 1.42. The second kappa shape index (κ2) is 8.49. The molecule has 7 heteroatoms. The predicted octanol–water partition coefficient (Wildman–Crippen LogP) is 2.62. The van der Waals surface area contributed by atoms with Crippen molar-refractivity contribution in [3.63, 3.8) is 0 Å². The molecule has 7 nitrogen and oxygen atoms in total. The Hall–Kier alpha value is -3.48. The van der Waals surface area contributed by atoms with E-state index in [1.165, 1.54) is 0 Å². The number of benzene rings is 2. The second-order valence-corrected chi connectivity index (χ2v) is 7.52. The smallest absolute Gasteiger partial charge is 0.311 e. The number of nitrogens with zero attached hydrogens (tertiary/aromatic N) is 2. The van der Waals surface area contributed by atoms with Crippen molar-refractivity contribution in [1.82, 2.24) is 14.9 Å². The number of para-hydroxylation sites is 1. The summed E-state index contributed by atoms with van der Waals surface area (Å²) in [7, 11) is 0. The Morgan fingerprint density at radius 3 is 2.70 bits per heavy atom. The highest BCUT2D eigenvalue weighted by Crippen LogP contribution is 2.23. The van der Waals surface area contributed by atoms with Gasteiger partial charge < -0.3 is 14.6 Å². The first-order valence-electron chi connectivity index (χ1n) is 10.0. The van der Waals surface area contributed by atoms with Crippen LogP contribution in [0.1, 0.15) is 30.8 Å². The number of nitrogens with one attached hydrogen (secondary N) is 1. The van der Waals surface area contributed by atoms with Crippen LogP contribution < -0.4 is 5.56 Å². The van der Waals surface area contributed by atoms with Crippen LogP contribution in [0.4, 0.5) is 0 Å². The van der Waals surface area contributed by atoms with Gasteiger partial charge in [0.2, 0.25) is 5.91 Å². The molecule has 1 saturated heterocycles. The fourth-order valence-corrected chi connectivity index (χ4v) is 3.68. The molecule has 1 N–H and O–H groups in total. The van der Waals surface area contributed by atoms with Crippen molar-refractivity contribution in [2.45, 2.75) is 25.9 Å². The molecule has 2 heterocycles. The van der Waals surface area contributed by atoms with Crippen molar-refractivity contribution in [1.29, 1.82) is 0 Å². The maximum absolute atomic E-state index is 12.6. The summed E-state index contributed by atoms with van der Waals surface area (Å²) < 4.78 is 5.53. The summed E-state index contributed by atoms with van der Waals surface area (Å²) >= 11 is 0. The third-order valence-electron chi connectivity index (χ3n) is 5.37. The van der Waals surface area contributed by atoms with Gasteiger partial charge in [0, 0.05) is 19.5 Å². The molecule has 0 saturated carbocycles. The summed E-state index contributed by atoms with van der Waals surface area (Å²) in [5, 5.41) is 0.482. The summed E-state index contributed by atoms with van der Waals surface area (Å²) in [5.74, 6) is -0.716. The van der Waals surface area contributed by atoms with Crippen molar-refractivity contribution in [3.05, 3.63) is 76.3 Å². The van der Waals surface area contributed by atoms with E-state index in [9.17, 15) is 14.4 Å². The molecule has 1 aliphatic heterocycles. The SMILES string of the molecule is C[C@@H](OC(=O)[C@@H]1CC(=O)N(CCc2ccccc2)C1)c1nc2ccccc2c(=O)[nH]1. The van der Waals surface area contributed by atoms with Gasteiger partial charge in [-0.2, -0.15) is 0 Å². The van der Waals surface area contributed by atoms with E-state index in [2.05, 4.69) is 9.97 Å².